The van der Waals surface area contributed by atoms with E-state index >= 15 is 0 Å². The molecule has 1 aromatic carbocycles. The summed E-state index contributed by atoms with van der Waals surface area (Å²) < 4.78 is 7.57. The van der Waals surface area contributed by atoms with Crippen molar-refractivity contribution < 1.29 is 9.53 Å². The Hall–Kier alpha value is -1.19. The van der Waals surface area contributed by atoms with E-state index in [0.29, 0.717) is 40.0 Å². The van der Waals surface area contributed by atoms with Crippen LogP contribution in [0.25, 0.3) is 0 Å². The molecule has 1 aromatic heterocycles. The maximum Gasteiger partial charge on any atom is 0.234 e. The van der Waals surface area contributed by atoms with Crippen LogP contribution in [-0.4, -0.2) is 52.7 Å². The monoisotopic (exact) mass is 461 g/mol. The summed E-state index contributed by atoms with van der Waals surface area (Å²) in [6, 6.07) is 3.45. The number of morpholine rings is 1. The number of anilines is 2. The van der Waals surface area contributed by atoms with E-state index in [1.165, 1.54) is 23.9 Å². The molecule has 1 saturated carbocycles. The van der Waals surface area contributed by atoms with E-state index in [-0.39, 0.29) is 11.7 Å². The summed E-state index contributed by atoms with van der Waals surface area (Å²) in [7, 11) is 0. The van der Waals surface area contributed by atoms with Crippen LogP contribution < -0.4 is 10.2 Å². The number of thioether (sulfide) groups is 1. The summed E-state index contributed by atoms with van der Waals surface area (Å²) >= 11 is 19.4. The predicted octanol–water partition coefficient (Wildman–Crippen LogP) is 4.14. The quantitative estimate of drug-likeness (QED) is 0.514. The zero-order valence-electron chi connectivity index (χ0n) is 14.8. The number of nitrogens with one attached hydrogen (secondary N) is 1. The van der Waals surface area contributed by atoms with Gasteiger partial charge in [-0.15, -0.1) is 10.2 Å². The summed E-state index contributed by atoms with van der Waals surface area (Å²) in [6.45, 7) is 2.97. The van der Waals surface area contributed by atoms with Crippen LogP contribution in [0.1, 0.15) is 18.9 Å². The molecule has 1 N–H and O–H groups in total. The first kappa shape index (κ1) is 20.1. The molecule has 0 bridgehead atoms. The fourth-order valence-corrected chi connectivity index (χ4v) is 4.33. The second-order valence-corrected chi connectivity index (χ2v) is 8.73. The zero-order valence-corrected chi connectivity index (χ0v) is 17.9. The van der Waals surface area contributed by atoms with Gasteiger partial charge < -0.3 is 15.0 Å². The number of aromatic nitrogens is 3. The van der Waals surface area contributed by atoms with Crippen molar-refractivity contribution in [3.05, 3.63) is 27.2 Å². The van der Waals surface area contributed by atoms with Gasteiger partial charge in [0.1, 0.15) is 0 Å². The van der Waals surface area contributed by atoms with Crippen LogP contribution in [0.15, 0.2) is 17.3 Å². The molecule has 11 heteroatoms. The van der Waals surface area contributed by atoms with E-state index in [4.69, 9.17) is 39.5 Å². The second-order valence-electron chi connectivity index (χ2n) is 6.57. The van der Waals surface area contributed by atoms with E-state index in [1.54, 1.807) is 0 Å². The average molecular weight is 463 g/mol. The van der Waals surface area contributed by atoms with Gasteiger partial charge >= 0.3 is 0 Å². The number of benzene rings is 1. The number of halogens is 3. The smallest absolute Gasteiger partial charge is 0.234 e. The van der Waals surface area contributed by atoms with Crippen LogP contribution in [0.4, 0.5) is 11.6 Å². The third-order valence-electron chi connectivity index (χ3n) is 4.47. The number of carbonyl (C=O) groups is 1. The van der Waals surface area contributed by atoms with Gasteiger partial charge in [-0.05, 0) is 25.0 Å². The number of carbonyl (C=O) groups excluding carboxylic acids is 1. The molecule has 28 heavy (non-hydrogen) atoms. The van der Waals surface area contributed by atoms with Crippen molar-refractivity contribution in [1.29, 1.82) is 0 Å². The highest BCUT2D eigenvalue weighted by atomic mass is 35.5. The number of rotatable bonds is 6. The highest BCUT2D eigenvalue weighted by molar-refractivity contribution is 7.99. The van der Waals surface area contributed by atoms with Crippen molar-refractivity contribution in [2.24, 2.45) is 0 Å². The fourth-order valence-electron chi connectivity index (χ4n) is 2.93. The number of hydrogen-bond acceptors (Lipinski definition) is 6. The molecule has 0 atom stereocenters. The van der Waals surface area contributed by atoms with Gasteiger partial charge in [-0.25, -0.2) is 0 Å². The van der Waals surface area contributed by atoms with Gasteiger partial charge in [-0.2, -0.15) is 0 Å². The standard InChI is InChI=1S/C17H18Cl3N5O2S/c18-11-7-13(20)14(8-12(11)19)21-15(26)9-28-17-23-22-16(25(17)10-1-2-10)24-3-5-27-6-4-24/h7-8,10H,1-6,9H2,(H,21,26). The molecule has 2 heterocycles. The second kappa shape index (κ2) is 8.67. The molecular formula is C17H18Cl3N5O2S. The largest absolute Gasteiger partial charge is 0.378 e. The Morgan fingerprint density at radius 3 is 2.57 bits per heavy atom. The lowest BCUT2D eigenvalue weighted by Crippen LogP contribution is -2.38. The number of amides is 1. The molecule has 4 rings (SSSR count). The van der Waals surface area contributed by atoms with Gasteiger partial charge in [0.2, 0.25) is 11.9 Å². The molecule has 150 valence electrons. The van der Waals surface area contributed by atoms with E-state index < -0.39 is 0 Å². The Balaban J connectivity index is 1.43. The SMILES string of the molecule is O=C(CSc1nnc(N2CCOCC2)n1C1CC1)Nc1cc(Cl)c(Cl)cc1Cl. The first-order chi connectivity index (χ1) is 13.5. The van der Waals surface area contributed by atoms with Gasteiger partial charge in [-0.1, -0.05) is 46.6 Å². The molecule has 0 unspecified atom stereocenters. The molecule has 1 amide bonds. The van der Waals surface area contributed by atoms with Crippen molar-refractivity contribution in [3.63, 3.8) is 0 Å². The van der Waals surface area contributed by atoms with E-state index in [1.807, 2.05) is 0 Å². The topological polar surface area (TPSA) is 72.3 Å². The van der Waals surface area contributed by atoms with Crippen LogP contribution in [0.3, 0.4) is 0 Å². The molecular weight excluding hydrogens is 445 g/mol. The summed E-state index contributed by atoms with van der Waals surface area (Å²) in [5.74, 6) is 0.842. The van der Waals surface area contributed by atoms with Crippen molar-refractivity contribution in [2.45, 2.75) is 24.0 Å². The van der Waals surface area contributed by atoms with Crippen LogP contribution in [0.2, 0.25) is 15.1 Å². The van der Waals surface area contributed by atoms with Gasteiger partial charge in [0.05, 0.1) is 39.7 Å². The Kier molecular flexibility index (Phi) is 6.22. The van der Waals surface area contributed by atoms with Crippen LogP contribution in [0, 0.1) is 0 Å². The first-order valence-corrected chi connectivity index (χ1v) is 11.0. The Bertz CT molecular complexity index is 884. The minimum atomic E-state index is -0.205. The molecule has 0 spiro atoms. The Morgan fingerprint density at radius 1 is 1.14 bits per heavy atom. The minimum absolute atomic E-state index is 0.185. The molecule has 2 aliphatic rings. The lowest BCUT2D eigenvalue weighted by molar-refractivity contribution is -0.113. The summed E-state index contributed by atoms with van der Waals surface area (Å²) in [6.07, 6.45) is 2.21. The van der Waals surface area contributed by atoms with Crippen molar-refractivity contribution >= 4 is 64.1 Å². The predicted molar refractivity (Wildman–Crippen MR) is 112 cm³/mol. The minimum Gasteiger partial charge on any atom is -0.378 e. The number of hydrogen-bond donors (Lipinski definition) is 1. The molecule has 0 radical (unpaired) electrons. The van der Waals surface area contributed by atoms with Crippen LogP contribution >= 0.6 is 46.6 Å². The number of nitrogens with zero attached hydrogens (tertiary/aromatic N) is 4. The average Bonchev–Trinajstić information content (AvgIpc) is 3.44. The third-order valence-corrected chi connectivity index (χ3v) is 6.45. The van der Waals surface area contributed by atoms with Gasteiger partial charge in [0.15, 0.2) is 5.16 Å². The molecule has 1 aliphatic carbocycles. The van der Waals surface area contributed by atoms with Crippen LogP contribution in [0.5, 0.6) is 0 Å². The molecule has 1 aliphatic heterocycles. The third kappa shape index (κ3) is 4.52. The molecule has 2 aromatic rings. The summed E-state index contributed by atoms with van der Waals surface area (Å²) in [5.41, 5.74) is 0.430. The van der Waals surface area contributed by atoms with Gasteiger partial charge in [-0.3, -0.25) is 9.36 Å². The van der Waals surface area contributed by atoms with Crippen LogP contribution in [-0.2, 0) is 9.53 Å². The van der Waals surface area contributed by atoms with Gasteiger partial charge in [0, 0.05) is 19.1 Å². The van der Waals surface area contributed by atoms with Crippen molar-refractivity contribution in [1.82, 2.24) is 14.8 Å². The first-order valence-electron chi connectivity index (χ1n) is 8.87. The lowest BCUT2D eigenvalue weighted by atomic mass is 10.3. The summed E-state index contributed by atoms with van der Waals surface area (Å²) in [4.78, 5) is 14.6. The number of ether oxygens (including phenoxy) is 1. The molecule has 1 saturated heterocycles. The van der Waals surface area contributed by atoms with E-state index in [0.717, 1.165) is 37.0 Å². The van der Waals surface area contributed by atoms with Crippen molar-refractivity contribution in [2.75, 3.05) is 42.3 Å². The Morgan fingerprint density at radius 2 is 1.86 bits per heavy atom. The highest BCUT2D eigenvalue weighted by Gasteiger charge is 2.32. The molecule has 2 fully saturated rings. The normalized spacial score (nSPS) is 17.0. The van der Waals surface area contributed by atoms with Crippen molar-refractivity contribution in [3.8, 4) is 0 Å². The Labute approximate surface area is 181 Å². The highest BCUT2D eigenvalue weighted by Crippen LogP contribution is 2.41. The summed E-state index contributed by atoms with van der Waals surface area (Å²) in [5, 5.41) is 13.2. The van der Waals surface area contributed by atoms with Gasteiger partial charge in [0.25, 0.3) is 0 Å². The fraction of sp³-hybridized carbons (Fsp3) is 0.471. The molecule has 7 nitrogen and oxygen atoms in total. The zero-order chi connectivity index (χ0) is 19.7. The maximum atomic E-state index is 12.4. The van der Waals surface area contributed by atoms with E-state index in [2.05, 4.69) is 25.0 Å². The maximum absolute atomic E-state index is 12.4. The van der Waals surface area contributed by atoms with E-state index in [9.17, 15) is 4.79 Å². The lowest BCUT2D eigenvalue weighted by Gasteiger charge is -2.27.